The molecule has 0 spiro atoms. The minimum atomic E-state index is 0.604. The number of aromatic nitrogens is 1. The van der Waals surface area contributed by atoms with E-state index >= 15 is 0 Å². The molecule has 0 unspecified atom stereocenters. The van der Waals surface area contributed by atoms with Crippen molar-refractivity contribution >= 4 is 22.5 Å². The number of para-hydroxylation sites is 1. The number of hydrogen-bond donors (Lipinski definition) is 0. The molecule has 1 aromatic heterocycles. The Morgan fingerprint density at radius 2 is 1.89 bits per heavy atom. The van der Waals surface area contributed by atoms with Gasteiger partial charge in [-0.05, 0) is 35.7 Å². The highest BCUT2D eigenvalue weighted by Gasteiger charge is 2.07. The second kappa shape index (κ2) is 4.21. The Hall–Kier alpha value is -2.24. The molecule has 0 amide bonds. The van der Waals surface area contributed by atoms with E-state index in [1.54, 1.807) is 18.2 Å². The molecule has 18 heavy (non-hydrogen) atoms. The van der Waals surface area contributed by atoms with Crippen LogP contribution < -0.4 is 0 Å². The summed E-state index contributed by atoms with van der Waals surface area (Å²) < 4.78 is 2.00. The van der Waals surface area contributed by atoms with Gasteiger partial charge in [0.05, 0.1) is 27.9 Å². The number of hydrogen-bond acceptors (Lipinski definition) is 1. The van der Waals surface area contributed by atoms with Crippen molar-refractivity contribution in [1.29, 1.82) is 5.26 Å². The van der Waals surface area contributed by atoms with E-state index in [0.29, 0.717) is 10.6 Å². The first kappa shape index (κ1) is 10.9. The van der Waals surface area contributed by atoms with Gasteiger partial charge in [0.15, 0.2) is 0 Å². The average molecular weight is 253 g/mol. The molecule has 0 saturated heterocycles. The molecule has 0 radical (unpaired) electrons. The zero-order valence-corrected chi connectivity index (χ0v) is 10.2. The van der Waals surface area contributed by atoms with E-state index in [4.69, 9.17) is 16.9 Å². The molecule has 0 aliphatic carbocycles. The number of rotatable bonds is 1. The van der Waals surface area contributed by atoms with Crippen molar-refractivity contribution in [1.82, 2.24) is 4.57 Å². The number of nitriles is 1. The molecular formula is C15H9ClN2. The van der Waals surface area contributed by atoms with E-state index in [1.165, 1.54) is 0 Å². The molecule has 0 fully saturated rings. The summed E-state index contributed by atoms with van der Waals surface area (Å²) in [6.07, 6.45) is 1.97. The van der Waals surface area contributed by atoms with Crippen LogP contribution in [0.4, 0.5) is 0 Å². The molecule has 0 aliphatic heterocycles. The lowest BCUT2D eigenvalue weighted by Gasteiger charge is -2.08. The van der Waals surface area contributed by atoms with Crippen molar-refractivity contribution in [3.63, 3.8) is 0 Å². The van der Waals surface area contributed by atoms with Gasteiger partial charge >= 0.3 is 0 Å². The quantitative estimate of drug-likeness (QED) is 0.639. The molecule has 2 nitrogen and oxygen atoms in total. The van der Waals surface area contributed by atoms with Gasteiger partial charge in [-0.1, -0.05) is 29.8 Å². The third-order valence-corrected chi connectivity index (χ3v) is 3.25. The number of nitrogens with zero attached hydrogens (tertiary/aromatic N) is 2. The van der Waals surface area contributed by atoms with Gasteiger partial charge in [0.2, 0.25) is 0 Å². The lowest BCUT2D eigenvalue weighted by atomic mass is 10.2. The summed E-state index contributed by atoms with van der Waals surface area (Å²) >= 11 is 6.21. The van der Waals surface area contributed by atoms with Crippen LogP contribution in [0.15, 0.2) is 54.7 Å². The number of fused-ring (bicyclic) bond motifs is 1. The molecule has 0 bridgehead atoms. The topological polar surface area (TPSA) is 28.7 Å². The normalized spacial score (nSPS) is 10.4. The van der Waals surface area contributed by atoms with E-state index in [0.717, 1.165) is 16.6 Å². The summed E-state index contributed by atoms with van der Waals surface area (Å²) in [5, 5.41) is 10.7. The Morgan fingerprint density at radius 1 is 1.06 bits per heavy atom. The van der Waals surface area contributed by atoms with E-state index in [1.807, 2.05) is 41.1 Å². The molecule has 0 atom stereocenters. The smallest absolute Gasteiger partial charge is 0.0992 e. The largest absolute Gasteiger partial charge is 0.315 e. The highest BCUT2D eigenvalue weighted by Crippen LogP contribution is 2.26. The Labute approximate surface area is 110 Å². The van der Waals surface area contributed by atoms with Crippen LogP contribution in [-0.2, 0) is 0 Å². The van der Waals surface area contributed by atoms with E-state index < -0.39 is 0 Å². The lowest BCUT2D eigenvalue weighted by Crippen LogP contribution is -1.93. The van der Waals surface area contributed by atoms with Crippen molar-refractivity contribution in [2.75, 3.05) is 0 Å². The van der Waals surface area contributed by atoms with E-state index in [-0.39, 0.29) is 0 Å². The van der Waals surface area contributed by atoms with Crippen LogP contribution in [0, 0.1) is 11.3 Å². The van der Waals surface area contributed by atoms with Gasteiger partial charge < -0.3 is 4.57 Å². The van der Waals surface area contributed by atoms with Gasteiger partial charge in [-0.2, -0.15) is 5.26 Å². The summed E-state index contributed by atoms with van der Waals surface area (Å²) in [5.74, 6) is 0. The second-order valence-electron chi connectivity index (χ2n) is 4.02. The minimum absolute atomic E-state index is 0.604. The molecule has 0 N–H and O–H groups in total. The van der Waals surface area contributed by atoms with Crippen LogP contribution >= 0.6 is 11.6 Å². The molecule has 0 aliphatic rings. The lowest BCUT2D eigenvalue weighted by molar-refractivity contribution is 1.13. The summed E-state index contributed by atoms with van der Waals surface area (Å²) in [7, 11) is 0. The average Bonchev–Trinajstić information content (AvgIpc) is 2.83. The fourth-order valence-corrected chi connectivity index (χ4v) is 2.27. The maximum atomic E-state index is 8.96. The van der Waals surface area contributed by atoms with Crippen LogP contribution in [-0.4, -0.2) is 4.57 Å². The first-order valence-electron chi connectivity index (χ1n) is 5.56. The second-order valence-corrected chi connectivity index (χ2v) is 4.43. The van der Waals surface area contributed by atoms with Gasteiger partial charge in [0, 0.05) is 6.20 Å². The van der Waals surface area contributed by atoms with Crippen molar-refractivity contribution < 1.29 is 0 Å². The van der Waals surface area contributed by atoms with Crippen LogP contribution in [0.5, 0.6) is 0 Å². The number of halogens is 1. The van der Waals surface area contributed by atoms with Crippen LogP contribution in [0.3, 0.4) is 0 Å². The zero-order valence-electron chi connectivity index (χ0n) is 9.47. The maximum absolute atomic E-state index is 8.96. The Bertz CT molecular complexity index is 766. The van der Waals surface area contributed by atoms with Gasteiger partial charge in [-0.3, -0.25) is 0 Å². The number of benzene rings is 2. The highest BCUT2D eigenvalue weighted by molar-refractivity contribution is 6.32. The standard InChI is InChI=1S/C15H9ClN2/c16-13-6-5-11(10-17)9-15(13)18-8-7-12-3-1-2-4-14(12)18/h1-9H. The molecule has 3 heteroatoms. The molecule has 0 saturated carbocycles. The predicted octanol–water partition coefficient (Wildman–Crippen LogP) is 4.16. The Balaban J connectivity index is 2.30. The van der Waals surface area contributed by atoms with Crippen molar-refractivity contribution in [3.8, 4) is 11.8 Å². The van der Waals surface area contributed by atoms with Gasteiger partial charge in [-0.25, -0.2) is 0 Å². The molecular weight excluding hydrogens is 244 g/mol. The minimum Gasteiger partial charge on any atom is -0.315 e. The molecule has 3 aromatic rings. The summed E-state index contributed by atoms with van der Waals surface area (Å²) in [4.78, 5) is 0. The Morgan fingerprint density at radius 3 is 2.72 bits per heavy atom. The predicted molar refractivity (Wildman–Crippen MR) is 73.0 cm³/mol. The summed E-state index contributed by atoms with van der Waals surface area (Å²) in [6.45, 7) is 0. The highest BCUT2D eigenvalue weighted by atomic mass is 35.5. The van der Waals surface area contributed by atoms with Crippen molar-refractivity contribution in [2.45, 2.75) is 0 Å². The molecule has 86 valence electrons. The van der Waals surface area contributed by atoms with Crippen LogP contribution in [0.1, 0.15) is 5.56 Å². The SMILES string of the molecule is N#Cc1ccc(Cl)c(-n2ccc3ccccc32)c1. The van der Waals surface area contributed by atoms with Crippen molar-refractivity contribution in [2.24, 2.45) is 0 Å². The first-order valence-corrected chi connectivity index (χ1v) is 5.93. The van der Waals surface area contributed by atoms with Crippen molar-refractivity contribution in [3.05, 3.63) is 65.3 Å². The third kappa shape index (κ3) is 1.66. The summed E-state index contributed by atoms with van der Waals surface area (Å²) in [5.41, 5.74) is 2.51. The van der Waals surface area contributed by atoms with Gasteiger partial charge in [0.1, 0.15) is 0 Å². The molecule has 3 rings (SSSR count). The summed E-state index contributed by atoms with van der Waals surface area (Å²) in [6, 6.07) is 17.5. The van der Waals surface area contributed by atoms with Gasteiger partial charge in [-0.15, -0.1) is 0 Å². The van der Waals surface area contributed by atoms with Crippen LogP contribution in [0.2, 0.25) is 5.02 Å². The van der Waals surface area contributed by atoms with E-state index in [9.17, 15) is 0 Å². The Kier molecular flexibility index (Phi) is 2.55. The van der Waals surface area contributed by atoms with Crippen LogP contribution in [0.25, 0.3) is 16.6 Å². The molecule has 1 heterocycles. The fourth-order valence-electron chi connectivity index (χ4n) is 2.06. The first-order chi connectivity index (χ1) is 8.79. The third-order valence-electron chi connectivity index (χ3n) is 2.93. The zero-order chi connectivity index (χ0) is 12.5. The monoisotopic (exact) mass is 252 g/mol. The molecule has 2 aromatic carbocycles. The van der Waals surface area contributed by atoms with E-state index in [2.05, 4.69) is 6.07 Å². The van der Waals surface area contributed by atoms with Gasteiger partial charge in [0.25, 0.3) is 0 Å². The maximum Gasteiger partial charge on any atom is 0.0992 e. The fraction of sp³-hybridized carbons (Fsp3) is 0.